The molecule has 4 nitrogen and oxygen atoms in total. The molecule has 1 aromatic carbocycles. The van der Waals surface area contributed by atoms with Crippen molar-refractivity contribution in [2.75, 3.05) is 17.2 Å². The molecule has 0 aliphatic carbocycles. The minimum Gasteiger partial charge on any atom is -0.370 e. The standard InChI is InChI=1S/C12H12BrClN4/c1-2-15-11-6-12(17-7-16-11)18-8-3-4-9(13)10(14)5-8/h3-7H,2H2,1H3,(H2,15,16,17,18). The second kappa shape index (κ2) is 6.02. The quantitative estimate of drug-likeness (QED) is 0.889. The van der Waals surface area contributed by atoms with Crippen LogP contribution >= 0.6 is 27.5 Å². The van der Waals surface area contributed by atoms with Crippen molar-refractivity contribution in [2.24, 2.45) is 0 Å². The molecule has 0 radical (unpaired) electrons. The van der Waals surface area contributed by atoms with Crippen molar-refractivity contribution in [1.82, 2.24) is 9.97 Å². The van der Waals surface area contributed by atoms with Crippen LogP contribution in [0.15, 0.2) is 35.1 Å². The van der Waals surface area contributed by atoms with Gasteiger partial charge in [0.25, 0.3) is 0 Å². The number of rotatable bonds is 4. The van der Waals surface area contributed by atoms with Gasteiger partial charge >= 0.3 is 0 Å². The van der Waals surface area contributed by atoms with Crippen LogP contribution in [0.5, 0.6) is 0 Å². The lowest BCUT2D eigenvalue weighted by atomic mass is 10.3. The molecule has 0 fully saturated rings. The first-order chi connectivity index (χ1) is 8.69. The summed E-state index contributed by atoms with van der Waals surface area (Å²) in [4.78, 5) is 8.26. The van der Waals surface area contributed by atoms with E-state index in [2.05, 4.69) is 36.5 Å². The van der Waals surface area contributed by atoms with Crippen LogP contribution < -0.4 is 10.6 Å². The minimum absolute atomic E-state index is 0.654. The van der Waals surface area contributed by atoms with Gasteiger partial charge in [0, 0.05) is 22.8 Å². The number of aromatic nitrogens is 2. The molecule has 6 heteroatoms. The molecule has 2 aromatic rings. The second-order valence-corrected chi connectivity index (χ2v) is 4.83. The first kappa shape index (κ1) is 13.1. The van der Waals surface area contributed by atoms with E-state index in [4.69, 9.17) is 11.6 Å². The third kappa shape index (κ3) is 3.34. The predicted molar refractivity (Wildman–Crippen MR) is 78.6 cm³/mol. The number of nitrogens with one attached hydrogen (secondary N) is 2. The van der Waals surface area contributed by atoms with E-state index in [0.717, 1.165) is 28.3 Å². The van der Waals surface area contributed by atoms with Crippen molar-refractivity contribution in [2.45, 2.75) is 6.92 Å². The molecule has 0 aliphatic rings. The van der Waals surface area contributed by atoms with Crippen LogP contribution in [0, 0.1) is 0 Å². The lowest BCUT2D eigenvalue weighted by Crippen LogP contribution is -2.01. The van der Waals surface area contributed by atoms with E-state index in [1.807, 2.05) is 31.2 Å². The smallest absolute Gasteiger partial charge is 0.135 e. The normalized spacial score (nSPS) is 10.2. The monoisotopic (exact) mass is 326 g/mol. The van der Waals surface area contributed by atoms with Gasteiger partial charge in [-0.3, -0.25) is 0 Å². The number of benzene rings is 1. The van der Waals surface area contributed by atoms with E-state index in [1.54, 1.807) is 0 Å². The highest BCUT2D eigenvalue weighted by molar-refractivity contribution is 9.10. The minimum atomic E-state index is 0.654. The average Bonchev–Trinajstić information content (AvgIpc) is 2.35. The summed E-state index contributed by atoms with van der Waals surface area (Å²) >= 11 is 9.38. The molecule has 18 heavy (non-hydrogen) atoms. The lowest BCUT2D eigenvalue weighted by Gasteiger charge is -2.08. The molecule has 0 unspecified atom stereocenters. The Hall–Kier alpha value is -1.33. The van der Waals surface area contributed by atoms with E-state index in [9.17, 15) is 0 Å². The summed E-state index contributed by atoms with van der Waals surface area (Å²) in [6, 6.07) is 7.49. The molecule has 1 aromatic heterocycles. The number of halogens is 2. The molecule has 2 rings (SSSR count). The third-order valence-corrected chi connectivity index (χ3v) is 3.45. The Bertz CT molecular complexity index is 547. The van der Waals surface area contributed by atoms with Crippen LogP contribution in [-0.2, 0) is 0 Å². The Balaban J connectivity index is 2.17. The Morgan fingerprint density at radius 1 is 1.22 bits per heavy atom. The van der Waals surface area contributed by atoms with Gasteiger partial charge in [-0.05, 0) is 41.1 Å². The summed E-state index contributed by atoms with van der Waals surface area (Å²) in [6.45, 7) is 2.84. The SMILES string of the molecule is CCNc1cc(Nc2ccc(Br)c(Cl)c2)ncn1. The Morgan fingerprint density at radius 2 is 2.00 bits per heavy atom. The van der Waals surface area contributed by atoms with Crippen molar-refractivity contribution in [3.63, 3.8) is 0 Å². The molecule has 0 aliphatic heterocycles. The summed E-state index contributed by atoms with van der Waals surface area (Å²) < 4.78 is 0.866. The van der Waals surface area contributed by atoms with Crippen molar-refractivity contribution in [3.05, 3.63) is 40.1 Å². The van der Waals surface area contributed by atoms with Gasteiger partial charge in [-0.1, -0.05) is 11.6 Å². The Kier molecular flexibility index (Phi) is 4.38. The highest BCUT2D eigenvalue weighted by Crippen LogP contribution is 2.27. The summed E-state index contributed by atoms with van der Waals surface area (Å²) in [6.07, 6.45) is 1.51. The van der Waals surface area contributed by atoms with Gasteiger partial charge in [0.15, 0.2) is 0 Å². The largest absolute Gasteiger partial charge is 0.370 e. The van der Waals surface area contributed by atoms with Crippen LogP contribution in [0.4, 0.5) is 17.3 Å². The van der Waals surface area contributed by atoms with E-state index in [-0.39, 0.29) is 0 Å². The molecule has 0 saturated heterocycles. The van der Waals surface area contributed by atoms with Gasteiger partial charge in [-0.2, -0.15) is 0 Å². The maximum atomic E-state index is 6.03. The molecule has 0 saturated carbocycles. The average molecular weight is 328 g/mol. The Morgan fingerprint density at radius 3 is 2.72 bits per heavy atom. The van der Waals surface area contributed by atoms with Gasteiger partial charge in [0.1, 0.15) is 18.0 Å². The highest BCUT2D eigenvalue weighted by Gasteiger charge is 2.01. The zero-order valence-corrected chi connectivity index (χ0v) is 12.1. The van der Waals surface area contributed by atoms with E-state index in [1.165, 1.54) is 6.33 Å². The second-order valence-electron chi connectivity index (χ2n) is 3.57. The van der Waals surface area contributed by atoms with Gasteiger partial charge in [-0.15, -0.1) is 0 Å². The summed E-state index contributed by atoms with van der Waals surface area (Å²) in [5.74, 6) is 1.51. The fraction of sp³-hybridized carbons (Fsp3) is 0.167. The molecule has 1 heterocycles. The van der Waals surface area contributed by atoms with Crippen molar-refractivity contribution in [1.29, 1.82) is 0 Å². The van der Waals surface area contributed by atoms with Crippen LogP contribution in [-0.4, -0.2) is 16.5 Å². The van der Waals surface area contributed by atoms with Gasteiger partial charge in [0.2, 0.25) is 0 Å². The van der Waals surface area contributed by atoms with Crippen LogP contribution in [0.1, 0.15) is 6.92 Å². The fourth-order valence-corrected chi connectivity index (χ4v) is 1.85. The summed E-state index contributed by atoms with van der Waals surface area (Å²) in [5, 5.41) is 6.96. The topological polar surface area (TPSA) is 49.8 Å². The molecule has 0 bridgehead atoms. The van der Waals surface area contributed by atoms with E-state index < -0.39 is 0 Å². The number of hydrogen-bond acceptors (Lipinski definition) is 4. The zero-order chi connectivity index (χ0) is 13.0. The number of anilines is 3. The van der Waals surface area contributed by atoms with Crippen molar-refractivity contribution < 1.29 is 0 Å². The summed E-state index contributed by atoms with van der Waals surface area (Å²) in [5.41, 5.74) is 0.879. The highest BCUT2D eigenvalue weighted by atomic mass is 79.9. The van der Waals surface area contributed by atoms with Gasteiger partial charge in [0.05, 0.1) is 5.02 Å². The zero-order valence-electron chi connectivity index (χ0n) is 9.74. The number of hydrogen-bond donors (Lipinski definition) is 2. The molecule has 0 spiro atoms. The molecule has 94 valence electrons. The summed E-state index contributed by atoms with van der Waals surface area (Å²) in [7, 11) is 0. The van der Waals surface area contributed by atoms with Gasteiger partial charge < -0.3 is 10.6 Å². The van der Waals surface area contributed by atoms with Crippen LogP contribution in [0.2, 0.25) is 5.02 Å². The first-order valence-electron chi connectivity index (χ1n) is 5.47. The lowest BCUT2D eigenvalue weighted by molar-refractivity contribution is 1.11. The molecular weight excluding hydrogens is 316 g/mol. The maximum Gasteiger partial charge on any atom is 0.135 e. The first-order valence-corrected chi connectivity index (χ1v) is 6.64. The molecule has 0 atom stereocenters. The van der Waals surface area contributed by atoms with Crippen LogP contribution in [0.3, 0.4) is 0 Å². The third-order valence-electron chi connectivity index (χ3n) is 2.22. The van der Waals surface area contributed by atoms with Gasteiger partial charge in [-0.25, -0.2) is 9.97 Å². The fourth-order valence-electron chi connectivity index (χ4n) is 1.43. The molecule has 2 N–H and O–H groups in total. The predicted octanol–water partition coefficient (Wildman–Crippen LogP) is 4.07. The van der Waals surface area contributed by atoms with E-state index >= 15 is 0 Å². The molecule has 0 amide bonds. The van der Waals surface area contributed by atoms with E-state index in [0.29, 0.717) is 5.02 Å². The maximum absolute atomic E-state index is 6.03. The van der Waals surface area contributed by atoms with Crippen LogP contribution in [0.25, 0.3) is 0 Å². The van der Waals surface area contributed by atoms with Crippen molar-refractivity contribution >= 4 is 44.9 Å². The Labute approximate surface area is 119 Å². The number of nitrogens with zero attached hydrogens (tertiary/aromatic N) is 2. The molecular formula is C12H12BrClN4. The van der Waals surface area contributed by atoms with Crippen molar-refractivity contribution in [3.8, 4) is 0 Å².